The van der Waals surface area contributed by atoms with Crippen molar-refractivity contribution in [3.05, 3.63) is 53.8 Å². The number of hydrogen-bond acceptors (Lipinski definition) is 6. The van der Waals surface area contributed by atoms with Crippen LogP contribution in [0, 0.1) is 5.92 Å². The summed E-state index contributed by atoms with van der Waals surface area (Å²) in [6, 6.07) is 11.9. The van der Waals surface area contributed by atoms with Crippen LogP contribution >= 0.6 is 22.9 Å². The molecular formula is C22H25ClN6OS. The average molecular weight is 457 g/mol. The number of amides is 1. The smallest absolute Gasteiger partial charge is 0.227 e. The Morgan fingerprint density at radius 2 is 1.74 bits per heavy atom. The molecule has 2 aliphatic heterocycles. The number of rotatable bonds is 4. The first-order chi connectivity index (χ1) is 15.2. The Morgan fingerprint density at radius 1 is 0.968 bits per heavy atom. The van der Waals surface area contributed by atoms with E-state index >= 15 is 0 Å². The number of halogens is 1. The maximum absolute atomic E-state index is 13.2. The van der Waals surface area contributed by atoms with Gasteiger partial charge in [-0.1, -0.05) is 29.0 Å². The summed E-state index contributed by atoms with van der Waals surface area (Å²) in [5.41, 5.74) is 1.12. The molecule has 0 aliphatic carbocycles. The van der Waals surface area contributed by atoms with Gasteiger partial charge in [0.2, 0.25) is 16.2 Å². The zero-order valence-electron chi connectivity index (χ0n) is 17.2. The lowest BCUT2D eigenvalue weighted by Gasteiger charge is -2.39. The molecule has 5 rings (SSSR count). The Balaban J connectivity index is 1.19. The third kappa shape index (κ3) is 4.41. The molecule has 1 amide bonds. The van der Waals surface area contributed by atoms with E-state index in [1.54, 1.807) is 11.3 Å². The van der Waals surface area contributed by atoms with Gasteiger partial charge in [-0.2, -0.15) is 0 Å². The van der Waals surface area contributed by atoms with E-state index in [1.807, 2.05) is 52.2 Å². The number of piperazine rings is 1. The quantitative estimate of drug-likeness (QED) is 0.601. The van der Waals surface area contributed by atoms with Gasteiger partial charge in [-0.15, -0.1) is 10.2 Å². The van der Waals surface area contributed by atoms with Gasteiger partial charge < -0.3 is 14.7 Å². The second kappa shape index (κ2) is 8.88. The van der Waals surface area contributed by atoms with Crippen LogP contribution in [0.1, 0.15) is 12.8 Å². The van der Waals surface area contributed by atoms with E-state index < -0.39 is 0 Å². The molecule has 3 aromatic rings. The summed E-state index contributed by atoms with van der Waals surface area (Å²) in [4.78, 5) is 19.8. The highest BCUT2D eigenvalue weighted by Gasteiger charge is 2.32. The van der Waals surface area contributed by atoms with E-state index in [1.165, 1.54) is 0 Å². The summed E-state index contributed by atoms with van der Waals surface area (Å²) in [5, 5.41) is 11.2. The predicted octanol–water partition coefficient (Wildman–Crippen LogP) is 3.55. The fourth-order valence-electron chi connectivity index (χ4n) is 4.37. The first-order valence-electron chi connectivity index (χ1n) is 10.7. The molecule has 0 unspecified atom stereocenters. The molecule has 0 radical (unpaired) electrons. The Kier molecular flexibility index (Phi) is 5.82. The van der Waals surface area contributed by atoms with Crippen LogP contribution in [0.3, 0.4) is 0 Å². The van der Waals surface area contributed by atoms with E-state index in [9.17, 15) is 4.79 Å². The molecule has 7 nitrogen and oxygen atoms in total. The fourth-order valence-corrected chi connectivity index (χ4v) is 5.40. The van der Waals surface area contributed by atoms with Gasteiger partial charge in [-0.05, 0) is 43.2 Å². The van der Waals surface area contributed by atoms with Crippen LogP contribution in [-0.4, -0.2) is 64.8 Å². The van der Waals surface area contributed by atoms with E-state index in [0.717, 1.165) is 66.5 Å². The van der Waals surface area contributed by atoms with Gasteiger partial charge in [0.15, 0.2) is 0 Å². The number of carbonyl (C=O) groups excluding carboxylic acids is 1. The van der Waals surface area contributed by atoms with Crippen molar-refractivity contribution in [2.24, 2.45) is 5.92 Å². The molecule has 0 N–H and O–H groups in total. The topological polar surface area (TPSA) is 57.5 Å². The van der Waals surface area contributed by atoms with Crippen molar-refractivity contribution >= 4 is 39.7 Å². The summed E-state index contributed by atoms with van der Waals surface area (Å²) in [6.45, 7) is 4.80. The zero-order chi connectivity index (χ0) is 21.2. The van der Waals surface area contributed by atoms with Crippen molar-refractivity contribution in [3.63, 3.8) is 0 Å². The lowest BCUT2D eigenvalue weighted by molar-refractivity contribution is -0.136. The van der Waals surface area contributed by atoms with E-state index in [2.05, 4.69) is 26.1 Å². The third-order valence-electron chi connectivity index (χ3n) is 6.03. The highest BCUT2D eigenvalue weighted by Crippen LogP contribution is 2.29. The maximum Gasteiger partial charge on any atom is 0.227 e. The number of anilines is 2. The molecule has 4 heterocycles. The van der Waals surface area contributed by atoms with Crippen LogP contribution in [0.15, 0.2) is 48.8 Å². The van der Waals surface area contributed by atoms with Gasteiger partial charge in [0.25, 0.3) is 0 Å². The van der Waals surface area contributed by atoms with Gasteiger partial charge in [-0.25, -0.2) is 0 Å². The summed E-state index contributed by atoms with van der Waals surface area (Å²) >= 11 is 7.70. The molecule has 162 valence electrons. The van der Waals surface area contributed by atoms with E-state index in [0.29, 0.717) is 6.54 Å². The standard InChI is InChI=1S/C22H25ClN6OS/c23-18-6-3-7-19(15-18)26-11-13-27(14-12-26)20(30)17-5-4-10-29(16-17)22-25-24-21(31-22)28-8-1-2-9-28/h1-3,6-9,15,17H,4-5,10-14,16H2/t17-/m0/s1. The van der Waals surface area contributed by atoms with Gasteiger partial charge in [0.1, 0.15) is 0 Å². The van der Waals surface area contributed by atoms with Crippen molar-refractivity contribution in [1.82, 2.24) is 19.7 Å². The van der Waals surface area contributed by atoms with Crippen LogP contribution in [0.2, 0.25) is 5.02 Å². The molecule has 0 spiro atoms. The van der Waals surface area contributed by atoms with Crippen LogP contribution in [-0.2, 0) is 4.79 Å². The van der Waals surface area contributed by atoms with Gasteiger partial charge in [0, 0.05) is 62.4 Å². The van der Waals surface area contributed by atoms with Crippen molar-refractivity contribution in [3.8, 4) is 5.13 Å². The second-order valence-corrected chi connectivity index (χ2v) is 9.41. The number of aromatic nitrogens is 3. The average Bonchev–Trinajstić information content (AvgIpc) is 3.51. The lowest BCUT2D eigenvalue weighted by atomic mass is 9.96. The fraction of sp³-hybridized carbons (Fsp3) is 0.409. The predicted molar refractivity (Wildman–Crippen MR) is 124 cm³/mol. The monoisotopic (exact) mass is 456 g/mol. The van der Waals surface area contributed by atoms with Crippen LogP contribution in [0.5, 0.6) is 0 Å². The molecule has 0 saturated carbocycles. The first-order valence-corrected chi connectivity index (χ1v) is 11.9. The number of hydrogen-bond donors (Lipinski definition) is 0. The Morgan fingerprint density at radius 3 is 2.52 bits per heavy atom. The van der Waals surface area contributed by atoms with Gasteiger partial charge in [-0.3, -0.25) is 9.36 Å². The van der Waals surface area contributed by atoms with Gasteiger partial charge >= 0.3 is 0 Å². The molecule has 1 aromatic carbocycles. The summed E-state index contributed by atoms with van der Waals surface area (Å²) in [7, 11) is 0. The first kappa shape index (κ1) is 20.3. The molecule has 31 heavy (non-hydrogen) atoms. The minimum atomic E-state index is 0.0189. The number of piperidine rings is 1. The molecule has 2 aliphatic rings. The Bertz CT molecular complexity index is 1030. The lowest BCUT2D eigenvalue weighted by Crippen LogP contribution is -2.52. The molecule has 9 heteroatoms. The third-order valence-corrected chi connectivity index (χ3v) is 7.27. The van der Waals surface area contributed by atoms with E-state index in [-0.39, 0.29) is 11.8 Å². The SMILES string of the molecule is O=C([C@H]1CCCN(c2nnc(-n3cccc3)s2)C1)N1CCN(c2cccc(Cl)c2)CC1. The molecule has 0 bridgehead atoms. The van der Waals surface area contributed by atoms with Gasteiger partial charge in [0.05, 0.1) is 5.92 Å². The van der Waals surface area contributed by atoms with Crippen molar-refractivity contribution in [1.29, 1.82) is 0 Å². The van der Waals surface area contributed by atoms with Crippen molar-refractivity contribution in [2.75, 3.05) is 49.1 Å². The summed E-state index contributed by atoms with van der Waals surface area (Å²) < 4.78 is 1.97. The molecule has 2 saturated heterocycles. The van der Waals surface area contributed by atoms with Crippen LogP contribution in [0.25, 0.3) is 5.13 Å². The molecule has 2 aromatic heterocycles. The van der Waals surface area contributed by atoms with Crippen molar-refractivity contribution in [2.45, 2.75) is 12.8 Å². The molecule has 1 atom stereocenters. The number of benzene rings is 1. The van der Waals surface area contributed by atoms with Crippen LogP contribution < -0.4 is 9.80 Å². The largest absolute Gasteiger partial charge is 0.368 e. The second-order valence-electron chi connectivity index (χ2n) is 8.03. The minimum Gasteiger partial charge on any atom is -0.368 e. The Labute approximate surface area is 190 Å². The normalized spacial score (nSPS) is 19.6. The Hall–Kier alpha value is -2.58. The maximum atomic E-state index is 13.2. The van der Waals surface area contributed by atoms with E-state index in [4.69, 9.17) is 11.6 Å². The molecule has 2 fully saturated rings. The molecular weight excluding hydrogens is 432 g/mol. The van der Waals surface area contributed by atoms with Crippen molar-refractivity contribution < 1.29 is 4.79 Å². The minimum absolute atomic E-state index is 0.0189. The summed E-state index contributed by atoms with van der Waals surface area (Å²) in [5.74, 6) is 0.288. The zero-order valence-corrected chi connectivity index (χ0v) is 18.8. The number of nitrogens with zero attached hydrogens (tertiary/aromatic N) is 6. The number of carbonyl (C=O) groups is 1. The van der Waals surface area contributed by atoms with Crippen LogP contribution in [0.4, 0.5) is 10.8 Å². The summed E-state index contributed by atoms with van der Waals surface area (Å²) in [6.07, 6.45) is 5.87. The highest BCUT2D eigenvalue weighted by molar-refractivity contribution is 7.17. The highest BCUT2D eigenvalue weighted by atomic mass is 35.5.